The van der Waals surface area contributed by atoms with Crippen LogP contribution in [0.25, 0.3) is 22.3 Å². The van der Waals surface area contributed by atoms with E-state index < -0.39 is 16.5 Å². The summed E-state index contributed by atoms with van der Waals surface area (Å²) in [7, 11) is 0. The summed E-state index contributed by atoms with van der Waals surface area (Å²) in [5, 5.41) is 26.4. The van der Waals surface area contributed by atoms with E-state index in [1.165, 1.54) is 12.1 Å². The van der Waals surface area contributed by atoms with Crippen LogP contribution in [0.15, 0.2) is 29.1 Å². The molecule has 2 aromatic heterocycles. The molecule has 0 unspecified atom stereocenters. The molecule has 0 saturated carbocycles. The molecule has 10 heteroatoms. The topological polar surface area (TPSA) is 137 Å². The second-order valence-corrected chi connectivity index (χ2v) is 8.70. The number of nitrogens with one attached hydrogen (secondary N) is 1. The maximum atomic E-state index is 13.3. The first kappa shape index (κ1) is 22.0. The minimum atomic E-state index is -1.89. The van der Waals surface area contributed by atoms with E-state index in [0.717, 1.165) is 18.4 Å². The first-order chi connectivity index (χ1) is 16.3. The van der Waals surface area contributed by atoms with Crippen LogP contribution in [-0.4, -0.2) is 32.1 Å². The Morgan fingerprint density at radius 3 is 2.76 bits per heavy atom. The van der Waals surface area contributed by atoms with E-state index in [-0.39, 0.29) is 41.9 Å². The van der Waals surface area contributed by atoms with Gasteiger partial charge in [0.25, 0.3) is 11.2 Å². The number of nitrogens with zero attached hydrogens (tertiary/aromatic N) is 3. The number of aliphatic hydroxyl groups is 1. The van der Waals surface area contributed by atoms with Crippen LogP contribution in [0.4, 0.5) is 11.4 Å². The Morgan fingerprint density at radius 1 is 1.26 bits per heavy atom. The van der Waals surface area contributed by atoms with Crippen LogP contribution < -0.4 is 10.9 Å². The highest BCUT2D eigenvalue weighted by Crippen LogP contribution is 2.40. The van der Waals surface area contributed by atoms with Crippen molar-refractivity contribution in [1.82, 2.24) is 9.55 Å². The summed E-state index contributed by atoms with van der Waals surface area (Å²) in [6.07, 6.45) is 1.92. The highest BCUT2D eigenvalue weighted by Gasteiger charge is 2.45. The molecule has 1 atom stereocenters. The molecule has 2 N–H and O–H groups in total. The number of cyclic esters (lactones) is 1. The molecule has 34 heavy (non-hydrogen) atoms. The summed E-state index contributed by atoms with van der Waals surface area (Å²) in [5.41, 5.74) is 1.12. The zero-order valence-corrected chi connectivity index (χ0v) is 18.9. The Bertz CT molecular complexity index is 1430. The van der Waals surface area contributed by atoms with Crippen LogP contribution in [0.2, 0.25) is 0 Å². The molecule has 5 rings (SSSR count). The minimum Gasteiger partial charge on any atom is -0.458 e. The lowest BCUT2D eigenvalue weighted by atomic mass is 9.86. The van der Waals surface area contributed by atoms with Crippen molar-refractivity contribution in [3.8, 4) is 11.4 Å². The number of esters is 1. The first-order valence-corrected chi connectivity index (χ1v) is 11.3. The fourth-order valence-corrected chi connectivity index (χ4v) is 4.72. The Hall–Kier alpha value is -3.79. The van der Waals surface area contributed by atoms with E-state index in [1.54, 1.807) is 17.6 Å². The van der Waals surface area contributed by atoms with Gasteiger partial charge in [0.2, 0.25) is 0 Å². The van der Waals surface area contributed by atoms with Gasteiger partial charge in [0, 0.05) is 35.2 Å². The number of fused-ring (bicyclic) bond motifs is 5. The lowest BCUT2D eigenvalue weighted by Gasteiger charge is -2.31. The second kappa shape index (κ2) is 7.91. The van der Waals surface area contributed by atoms with Crippen molar-refractivity contribution in [3.63, 3.8) is 0 Å². The molecule has 176 valence electrons. The molecular weight excluding hydrogens is 440 g/mol. The largest absolute Gasteiger partial charge is 0.458 e. The lowest BCUT2D eigenvalue weighted by Crippen LogP contribution is -2.44. The van der Waals surface area contributed by atoms with Gasteiger partial charge in [0.1, 0.15) is 6.61 Å². The number of hydrogen-bond acceptors (Lipinski definition) is 8. The van der Waals surface area contributed by atoms with Crippen LogP contribution in [0.3, 0.4) is 0 Å². The predicted octanol–water partition coefficient (Wildman–Crippen LogP) is 3.20. The minimum absolute atomic E-state index is 0.0416. The van der Waals surface area contributed by atoms with Crippen molar-refractivity contribution in [2.24, 2.45) is 0 Å². The summed E-state index contributed by atoms with van der Waals surface area (Å²) in [5.74, 6) is -0.772. The number of ether oxygens (including phenoxy) is 1. The molecule has 2 aliphatic rings. The van der Waals surface area contributed by atoms with Gasteiger partial charge in [-0.05, 0) is 25.0 Å². The molecule has 0 amide bonds. The number of carbonyl (C=O) groups is 1. The monoisotopic (exact) mass is 464 g/mol. The molecule has 0 radical (unpaired) electrons. The zero-order valence-electron chi connectivity index (χ0n) is 18.9. The second-order valence-electron chi connectivity index (χ2n) is 8.70. The normalized spacial score (nSPS) is 18.3. The van der Waals surface area contributed by atoms with Crippen molar-refractivity contribution < 1.29 is 19.6 Å². The smallest absolute Gasteiger partial charge is 0.343 e. The van der Waals surface area contributed by atoms with Crippen molar-refractivity contribution >= 4 is 28.2 Å². The van der Waals surface area contributed by atoms with E-state index in [2.05, 4.69) is 12.2 Å². The van der Waals surface area contributed by atoms with Gasteiger partial charge in [-0.2, -0.15) is 0 Å². The van der Waals surface area contributed by atoms with Gasteiger partial charge in [-0.25, -0.2) is 9.78 Å². The molecule has 1 aromatic carbocycles. The van der Waals surface area contributed by atoms with Crippen molar-refractivity contribution in [1.29, 1.82) is 0 Å². The summed E-state index contributed by atoms with van der Waals surface area (Å²) in [6.45, 7) is 4.39. The molecule has 4 heterocycles. The number of pyridine rings is 2. The van der Waals surface area contributed by atoms with Crippen LogP contribution >= 0.6 is 0 Å². The highest BCUT2D eigenvalue weighted by atomic mass is 16.6. The number of hydrogen-bond donors (Lipinski definition) is 2. The Labute approximate surface area is 194 Å². The fraction of sp³-hybridized carbons (Fsp3) is 0.375. The van der Waals surface area contributed by atoms with Crippen LogP contribution in [0.5, 0.6) is 0 Å². The Morgan fingerprint density at radius 2 is 2.06 bits per heavy atom. The number of nitro groups is 1. The molecule has 0 saturated heterocycles. The van der Waals surface area contributed by atoms with Gasteiger partial charge in [0.15, 0.2) is 5.60 Å². The fourth-order valence-electron chi connectivity index (χ4n) is 4.72. The highest BCUT2D eigenvalue weighted by molar-refractivity contribution is 5.95. The van der Waals surface area contributed by atoms with Crippen LogP contribution in [0, 0.1) is 10.1 Å². The summed E-state index contributed by atoms with van der Waals surface area (Å²) >= 11 is 0. The van der Waals surface area contributed by atoms with Crippen molar-refractivity contribution in [2.45, 2.75) is 51.9 Å². The number of benzene rings is 1. The average molecular weight is 464 g/mol. The maximum absolute atomic E-state index is 13.3. The molecule has 0 aliphatic carbocycles. The SMILES string of the molecule is CCCCNc1cc([N+](=O)[O-])cc2cc3c(nc12)-c1cc2c(c(=O)n1C3)COC(=O)[C@]2(O)CC. The Kier molecular flexibility index (Phi) is 5.12. The number of nitro benzene ring substituents is 1. The molecule has 2 aliphatic heterocycles. The van der Waals surface area contributed by atoms with Crippen LogP contribution in [-0.2, 0) is 28.3 Å². The number of unbranched alkanes of at least 4 members (excludes halogenated alkanes) is 1. The third-order valence-electron chi connectivity index (χ3n) is 6.65. The molecule has 0 bridgehead atoms. The van der Waals surface area contributed by atoms with E-state index >= 15 is 0 Å². The van der Waals surface area contributed by atoms with Gasteiger partial charge in [-0.1, -0.05) is 20.3 Å². The number of aromatic nitrogens is 2. The van der Waals surface area contributed by atoms with Crippen LogP contribution in [0.1, 0.15) is 49.8 Å². The van der Waals surface area contributed by atoms with E-state index in [0.29, 0.717) is 34.5 Å². The zero-order chi connectivity index (χ0) is 24.2. The lowest BCUT2D eigenvalue weighted by molar-refractivity contribution is -0.384. The van der Waals surface area contributed by atoms with Crippen molar-refractivity contribution in [3.05, 3.63) is 61.4 Å². The summed E-state index contributed by atoms with van der Waals surface area (Å²) in [6, 6.07) is 6.42. The first-order valence-electron chi connectivity index (χ1n) is 11.3. The quantitative estimate of drug-likeness (QED) is 0.192. The molecular formula is C24H24N4O6. The van der Waals surface area contributed by atoms with E-state index in [4.69, 9.17) is 9.72 Å². The standard InChI is InChI=1S/C24H24N4O6/c1-3-5-6-25-18-9-15(28(32)33)8-13-7-14-11-27-19(21(14)26-20(13)18)10-17-16(22(27)29)12-34-23(30)24(17,31)4-2/h7-10,25,31H,3-6,11-12H2,1-2H3/t24-/m0/s1. The predicted molar refractivity (Wildman–Crippen MR) is 125 cm³/mol. The average Bonchev–Trinajstić information content (AvgIpc) is 3.18. The van der Waals surface area contributed by atoms with Gasteiger partial charge < -0.3 is 19.7 Å². The number of anilines is 1. The molecule has 0 spiro atoms. The summed E-state index contributed by atoms with van der Waals surface area (Å²) < 4.78 is 6.64. The number of carbonyl (C=O) groups excluding carboxylic acids is 1. The summed E-state index contributed by atoms with van der Waals surface area (Å²) in [4.78, 5) is 41.5. The third-order valence-corrected chi connectivity index (χ3v) is 6.65. The van der Waals surface area contributed by atoms with Gasteiger partial charge >= 0.3 is 5.97 Å². The molecule has 3 aromatic rings. The Balaban J connectivity index is 1.72. The maximum Gasteiger partial charge on any atom is 0.343 e. The van der Waals surface area contributed by atoms with Gasteiger partial charge in [-0.15, -0.1) is 0 Å². The van der Waals surface area contributed by atoms with E-state index in [9.17, 15) is 24.8 Å². The molecule has 10 nitrogen and oxygen atoms in total. The van der Waals surface area contributed by atoms with E-state index in [1.807, 2.05) is 6.07 Å². The third kappa shape index (κ3) is 3.17. The number of non-ortho nitro benzene ring substituents is 1. The molecule has 0 fully saturated rings. The van der Waals surface area contributed by atoms with Gasteiger partial charge in [-0.3, -0.25) is 14.9 Å². The number of rotatable bonds is 6. The van der Waals surface area contributed by atoms with Crippen molar-refractivity contribution in [2.75, 3.05) is 11.9 Å². The van der Waals surface area contributed by atoms with Gasteiger partial charge in [0.05, 0.1) is 39.6 Å².